The average molecular weight is 552 g/mol. The monoisotopic (exact) mass is 551 g/mol. The molecule has 0 radical (unpaired) electrons. The number of rotatable bonds is 14. The topological polar surface area (TPSA) is 96.0 Å². The van der Waals surface area contributed by atoms with Gasteiger partial charge in [-0.1, -0.05) is 42.8 Å². The van der Waals surface area contributed by atoms with Crippen molar-refractivity contribution in [1.29, 1.82) is 0 Å². The highest BCUT2D eigenvalue weighted by molar-refractivity contribution is 7.92. The fraction of sp³-hybridized carbons (Fsp3) is 0.481. The van der Waals surface area contributed by atoms with E-state index in [0.29, 0.717) is 23.1 Å². The zero-order valence-electron chi connectivity index (χ0n) is 22.2. The second-order valence-corrected chi connectivity index (χ2v) is 11.3. The van der Waals surface area contributed by atoms with E-state index in [1.807, 2.05) is 32.9 Å². The molecular weight excluding hydrogens is 514 g/mol. The molecule has 0 aliphatic carbocycles. The molecule has 0 heterocycles. The Bertz CT molecular complexity index is 1140. The van der Waals surface area contributed by atoms with E-state index in [2.05, 4.69) is 5.32 Å². The number of amides is 2. The molecular formula is C27H38ClN3O5S. The molecule has 0 aliphatic rings. The van der Waals surface area contributed by atoms with Gasteiger partial charge in [-0.2, -0.15) is 0 Å². The summed E-state index contributed by atoms with van der Waals surface area (Å²) in [6, 6.07) is 13.3. The van der Waals surface area contributed by atoms with Gasteiger partial charge in [0.2, 0.25) is 21.8 Å². The summed E-state index contributed by atoms with van der Waals surface area (Å²) in [5.74, 6) is -0.0187. The molecule has 2 aromatic carbocycles. The molecule has 2 aromatic rings. The Labute approximate surface area is 226 Å². The average Bonchev–Trinajstić information content (AvgIpc) is 2.85. The standard InChI is InChI=1S/C27H38ClN3O5S/c1-6-20(3)29-27(33)21(4)30(19-22-14-16-23(28)17-15-22)26(32)13-10-18-31(37(5,34)35)24-11-8-9-12-25(24)36-7-2/h8-9,11-12,14-17,20-21H,6-7,10,13,18-19H2,1-5H3,(H,29,33)/t20-,21+/m1/s1. The first-order chi connectivity index (χ1) is 17.5. The molecule has 2 amide bonds. The second kappa shape index (κ2) is 14.2. The van der Waals surface area contributed by atoms with Crippen LogP contribution in [0.5, 0.6) is 5.75 Å². The Hall–Kier alpha value is -2.78. The normalized spacial score (nSPS) is 12.9. The first-order valence-corrected chi connectivity index (χ1v) is 14.7. The quantitative estimate of drug-likeness (QED) is 0.370. The molecule has 8 nitrogen and oxygen atoms in total. The number of nitrogens with zero attached hydrogens (tertiary/aromatic N) is 2. The molecule has 1 N–H and O–H groups in total. The van der Waals surface area contributed by atoms with Gasteiger partial charge in [0.15, 0.2) is 0 Å². The Morgan fingerprint density at radius 2 is 1.70 bits per heavy atom. The van der Waals surface area contributed by atoms with Gasteiger partial charge in [0.1, 0.15) is 11.8 Å². The van der Waals surface area contributed by atoms with Gasteiger partial charge in [-0.05, 0) is 63.4 Å². The number of hydrogen-bond acceptors (Lipinski definition) is 5. The Kier molecular flexibility index (Phi) is 11.7. The molecule has 2 atom stereocenters. The van der Waals surface area contributed by atoms with Crippen LogP contribution in [0.25, 0.3) is 0 Å². The first kappa shape index (κ1) is 30.4. The molecule has 0 spiro atoms. The molecule has 0 aromatic heterocycles. The lowest BCUT2D eigenvalue weighted by Crippen LogP contribution is -2.49. The number of nitrogens with one attached hydrogen (secondary N) is 1. The van der Waals surface area contributed by atoms with E-state index in [4.69, 9.17) is 16.3 Å². The van der Waals surface area contributed by atoms with Gasteiger partial charge in [-0.25, -0.2) is 8.42 Å². The highest BCUT2D eigenvalue weighted by Crippen LogP contribution is 2.30. The molecule has 10 heteroatoms. The van der Waals surface area contributed by atoms with Crippen LogP contribution in [0, 0.1) is 0 Å². The van der Waals surface area contributed by atoms with Crippen LogP contribution in [-0.2, 0) is 26.2 Å². The minimum absolute atomic E-state index is 0.0174. The third-order valence-corrected chi connectivity index (χ3v) is 7.45. The van der Waals surface area contributed by atoms with Crippen LogP contribution in [0.4, 0.5) is 5.69 Å². The summed E-state index contributed by atoms with van der Waals surface area (Å²) in [6.45, 7) is 8.13. The summed E-state index contributed by atoms with van der Waals surface area (Å²) in [7, 11) is -3.62. The van der Waals surface area contributed by atoms with E-state index >= 15 is 0 Å². The first-order valence-electron chi connectivity index (χ1n) is 12.5. The predicted molar refractivity (Wildman–Crippen MR) is 148 cm³/mol. The van der Waals surface area contributed by atoms with Crippen LogP contribution in [0.15, 0.2) is 48.5 Å². The van der Waals surface area contributed by atoms with Crippen LogP contribution >= 0.6 is 11.6 Å². The van der Waals surface area contributed by atoms with Gasteiger partial charge < -0.3 is 15.0 Å². The highest BCUT2D eigenvalue weighted by Gasteiger charge is 2.27. The number of benzene rings is 2. The molecule has 0 saturated carbocycles. The Morgan fingerprint density at radius 3 is 2.30 bits per heavy atom. The van der Waals surface area contributed by atoms with Crippen molar-refractivity contribution in [3.05, 3.63) is 59.1 Å². The number of para-hydroxylation sites is 2. The van der Waals surface area contributed by atoms with Crippen molar-refractivity contribution in [3.63, 3.8) is 0 Å². The summed E-state index contributed by atoms with van der Waals surface area (Å²) < 4.78 is 32.1. The summed E-state index contributed by atoms with van der Waals surface area (Å²) in [5.41, 5.74) is 1.27. The lowest BCUT2D eigenvalue weighted by molar-refractivity contribution is -0.140. The SMILES string of the molecule is CCOc1ccccc1N(CCCC(=O)N(Cc1ccc(Cl)cc1)[C@@H](C)C(=O)N[C@H](C)CC)S(C)(=O)=O. The molecule has 2 rings (SSSR count). The number of ether oxygens (including phenoxy) is 1. The van der Waals surface area contributed by atoms with Crippen LogP contribution in [0.1, 0.15) is 52.5 Å². The minimum Gasteiger partial charge on any atom is -0.492 e. The van der Waals surface area contributed by atoms with Crippen LogP contribution in [-0.4, -0.2) is 56.6 Å². The van der Waals surface area contributed by atoms with E-state index in [9.17, 15) is 18.0 Å². The lowest BCUT2D eigenvalue weighted by atomic mass is 10.1. The third kappa shape index (κ3) is 9.23. The van der Waals surface area contributed by atoms with Crippen LogP contribution in [0.2, 0.25) is 5.02 Å². The highest BCUT2D eigenvalue weighted by atomic mass is 35.5. The lowest BCUT2D eigenvalue weighted by Gasteiger charge is -2.30. The molecule has 0 bridgehead atoms. The number of hydrogen-bond donors (Lipinski definition) is 1. The third-order valence-electron chi connectivity index (χ3n) is 6.02. The van der Waals surface area contributed by atoms with E-state index in [0.717, 1.165) is 18.2 Å². The van der Waals surface area contributed by atoms with Crippen molar-refractivity contribution in [2.75, 3.05) is 23.7 Å². The van der Waals surface area contributed by atoms with Crippen molar-refractivity contribution >= 4 is 39.1 Å². The predicted octanol–water partition coefficient (Wildman–Crippen LogP) is 4.62. The van der Waals surface area contributed by atoms with Crippen molar-refractivity contribution in [3.8, 4) is 5.75 Å². The minimum atomic E-state index is -3.62. The Morgan fingerprint density at radius 1 is 1.05 bits per heavy atom. The fourth-order valence-electron chi connectivity index (χ4n) is 3.76. The number of carbonyl (C=O) groups is 2. The van der Waals surface area contributed by atoms with Gasteiger partial charge in [0.25, 0.3) is 0 Å². The van der Waals surface area contributed by atoms with E-state index in [1.54, 1.807) is 43.3 Å². The van der Waals surface area contributed by atoms with Crippen LogP contribution in [0.3, 0.4) is 0 Å². The molecule has 0 aliphatic heterocycles. The van der Waals surface area contributed by atoms with Gasteiger partial charge in [0.05, 0.1) is 18.6 Å². The van der Waals surface area contributed by atoms with Crippen LogP contribution < -0.4 is 14.4 Å². The molecule has 0 saturated heterocycles. The molecule has 0 fully saturated rings. The van der Waals surface area contributed by atoms with E-state index in [1.165, 1.54) is 9.21 Å². The van der Waals surface area contributed by atoms with E-state index in [-0.39, 0.29) is 43.8 Å². The maximum Gasteiger partial charge on any atom is 0.242 e. The maximum absolute atomic E-state index is 13.4. The van der Waals surface area contributed by atoms with Gasteiger partial charge >= 0.3 is 0 Å². The van der Waals surface area contributed by atoms with Gasteiger partial charge in [-0.15, -0.1) is 0 Å². The van der Waals surface area contributed by atoms with Gasteiger partial charge in [-0.3, -0.25) is 13.9 Å². The number of carbonyl (C=O) groups excluding carboxylic acids is 2. The van der Waals surface area contributed by atoms with Gasteiger partial charge in [0, 0.05) is 30.6 Å². The van der Waals surface area contributed by atoms with Crippen molar-refractivity contribution < 1.29 is 22.7 Å². The summed E-state index contributed by atoms with van der Waals surface area (Å²) in [5, 5.41) is 3.52. The summed E-state index contributed by atoms with van der Waals surface area (Å²) >= 11 is 6.01. The fourth-order valence-corrected chi connectivity index (χ4v) is 4.85. The number of sulfonamides is 1. The van der Waals surface area contributed by atoms with E-state index < -0.39 is 16.1 Å². The number of anilines is 1. The second-order valence-electron chi connectivity index (χ2n) is 8.98. The Balaban J connectivity index is 2.20. The van der Waals surface area contributed by atoms with Crippen molar-refractivity contribution in [2.24, 2.45) is 0 Å². The largest absolute Gasteiger partial charge is 0.492 e. The smallest absolute Gasteiger partial charge is 0.242 e. The summed E-state index contributed by atoms with van der Waals surface area (Å²) in [6.07, 6.45) is 2.24. The van der Waals surface area contributed by atoms with Crippen molar-refractivity contribution in [2.45, 2.75) is 65.6 Å². The molecule has 37 heavy (non-hydrogen) atoms. The number of halogens is 1. The maximum atomic E-state index is 13.4. The summed E-state index contributed by atoms with van der Waals surface area (Å²) in [4.78, 5) is 27.8. The zero-order valence-corrected chi connectivity index (χ0v) is 23.8. The zero-order chi connectivity index (χ0) is 27.6. The molecule has 204 valence electrons. The van der Waals surface area contributed by atoms with Crippen molar-refractivity contribution in [1.82, 2.24) is 10.2 Å². The molecule has 0 unspecified atom stereocenters.